The van der Waals surface area contributed by atoms with Crippen LogP contribution in [0, 0.1) is 0 Å². The van der Waals surface area contributed by atoms with Gasteiger partial charge in [0.05, 0.1) is 6.61 Å². The molecule has 100 valence electrons. The molecule has 0 fully saturated rings. The first-order chi connectivity index (χ1) is 9.20. The van der Waals surface area contributed by atoms with E-state index in [9.17, 15) is 4.79 Å². The minimum atomic E-state index is -0.756. The molecule has 0 saturated heterocycles. The number of benzene rings is 1. The fourth-order valence-electron chi connectivity index (χ4n) is 1.42. The highest BCUT2D eigenvalue weighted by atomic mass is 16.7. The second-order valence-electron chi connectivity index (χ2n) is 3.70. The zero-order valence-electron chi connectivity index (χ0n) is 10.7. The van der Waals surface area contributed by atoms with Crippen molar-refractivity contribution in [2.75, 3.05) is 6.61 Å². The van der Waals surface area contributed by atoms with Crippen molar-refractivity contribution in [1.82, 2.24) is 20.2 Å². The lowest BCUT2D eigenvalue weighted by molar-refractivity contribution is -0.00512. The van der Waals surface area contributed by atoms with Crippen molar-refractivity contribution in [1.29, 1.82) is 0 Å². The molecule has 1 aromatic heterocycles. The fourth-order valence-corrected chi connectivity index (χ4v) is 1.42. The molecule has 0 amide bonds. The molecule has 1 atom stereocenters. The Hall–Kier alpha value is -2.44. The Bertz CT molecular complexity index is 541. The molecule has 19 heavy (non-hydrogen) atoms. The quantitative estimate of drug-likeness (QED) is 0.784. The first kappa shape index (κ1) is 13.0. The van der Waals surface area contributed by atoms with Gasteiger partial charge in [-0.05, 0) is 19.1 Å². The van der Waals surface area contributed by atoms with Crippen LogP contribution in [0.1, 0.15) is 20.1 Å². The summed E-state index contributed by atoms with van der Waals surface area (Å²) < 4.78 is 9.64. The van der Waals surface area contributed by atoms with Gasteiger partial charge in [0.25, 0.3) is 0 Å². The summed E-state index contributed by atoms with van der Waals surface area (Å²) in [6.45, 7) is 3.59. The van der Waals surface area contributed by atoms with Gasteiger partial charge in [-0.3, -0.25) is 0 Å². The molecule has 0 unspecified atom stereocenters. The van der Waals surface area contributed by atoms with Crippen molar-refractivity contribution in [2.24, 2.45) is 0 Å². The summed E-state index contributed by atoms with van der Waals surface area (Å²) in [5.41, 5.74) is 0.845. The number of carbonyl (C=O) groups excluding carboxylic acids is 1. The second-order valence-corrected chi connectivity index (χ2v) is 3.70. The summed E-state index contributed by atoms with van der Waals surface area (Å²) in [4.78, 5) is 12.4. The average molecular weight is 262 g/mol. The molecule has 1 aromatic carbocycles. The van der Waals surface area contributed by atoms with E-state index in [4.69, 9.17) is 4.74 Å². The van der Waals surface area contributed by atoms with Gasteiger partial charge in [-0.15, -0.1) is 15.0 Å². The second kappa shape index (κ2) is 5.94. The van der Waals surface area contributed by atoms with E-state index in [1.807, 2.05) is 30.3 Å². The Morgan fingerprint density at radius 3 is 2.79 bits per heavy atom. The molecule has 0 N–H and O–H groups in total. The van der Waals surface area contributed by atoms with Crippen molar-refractivity contribution in [3.8, 4) is 11.4 Å². The summed E-state index contributed by atoms with van der Waals surface area (Å²) in [7, 11) is 0. The van der Waals surface area contributed by atoms with Crippen molar-refractivity contribution in [3.05, 3.63) is 30.3 Å². The van der Waals surface area contributed by atoms with Crippen LogP contribution >= 0.6 is 0 Å². The van der Waals surface area contributed by atoms with Gasteiger partial charge in [0.1, 0.15) is 0 Å². The normalized spacial score (nSPS) is 11.9. The van der Waals surface area contributed by atoms with Crippen LogP contribution in [0.2, 0.25) is 0 Å². The van der Waals surface area contributed by atoms with Crippen LogP contribution in [0.5, 0.6) is 0 Å². The SMILES string of the molecule is CCOC(=O)O[C@@H](C)n1nnc(-c2ccccc2)n1. The zero-order chi connectivity index (χ0) is 13.7. The molecule has 0 spiro atoms. The Labute approximate surface area is 110 Å². The van der Waals surface area contributed by atoms with Crippen LogP contribution in [0.15, 0.2) is 30.3 Å². The van der Waals surface area contributed by atoms with Gasteiger partial charge in [0, 0.05) is 5.56 Å². The number of hydrogen-bond donors (Lipinski definition) is 0. The smallest absolute Gasteiger partial charge is 0.435 e. The summed E-state index contributed by atoms with van der Waals surface area (Å²) in [6.07, 6.45) is -1.43. The van der Waals surface area contributed by atoms with Crippen LogP contribution in [-0.2, 0) is 9.47 Å². The molecule has 0 bridgehead atoms. The van der Waals surface area contributed by atoms with Gasteiger partial charge >= 0.3 is 6.16 Å². The van der Waals surface area contributed by atoms with Gasteiger partial charge < -0.3 is 9.47 Å². The summed E-state index contributed by atoms with van der Waals surface area (Å²) in [5.74, 6) is 0.472. The van der Waals surface area contributed by atoms with Crippen molar-refractivity contribution in [3.63, 3.8) is 0 Å². The Balaban J connectivity index is 2.07. The number of aromatic nitrogens is 4. The molecule has 1 heterocycles. The Kier molecular flexibility index (Phi) is 4.07. The molecule has 0 aliphatic carbocycles. The third-order valence-electron chi connectivity index (χ3n) is 2.31. The number of nitrogens with zero attached hydrogens (tertiary/aromatic N) is 4. The average Bonchev–Trinajstić information content (AvgIpc) is 2.89. The minimum Gasteiger partial charge on any atom is -0.435 e. The number of carbonyl (C=O) groups is 1. The third kappa shape index (κ3) is 3.27. The zero-order valence-corrected chi connectivity index (χ0v) is 10.7. The van der Waals surface area contributed by atoms with Crippen LogP contribution in [0.25, 0.3) is 11.4 Å². The van der Waals surface area contributed by atoms with Gasteiger partial charge in [0.15, 0.2) is 0 Å². The molecule has 0 saturated carbocycles. The Morgan fingerprint density at radius 2 is 2.11 bits per heavy atom. The first-order valence-electron chi connectivity index (χ1n) is 5.89. The van der Waals surface area contributed by atoms with E-state index in [2.05, 4.69) is 20.1 Å². The van der Waals surface area contributed by atoms with E-state index in [1.54, 1.807) is 13.8 Å². The van der Waals surface area contributed by atoms with E-state index in [-0.39, 0.29) is 6.61 Å². The van der Waals surface area contributed by atoms with Gasteiger partial charge in [-0.2, -0.15) is 0 Å². The van der Waals surface area contributed by atoms with Crippen molar-refractivity contribution in [2.45, 2.75) is 20.1 Å². The highest BCUT2D eigenvalue weighted by molar-refractivity contribution is 5.59. The molecule has 2 aromatic rings. The van der Waals surface area contributed by atoms with Crippen molar-refractivity contribution >= 4 is 6.16 Å². The topological polar surface area (TPSA) is 79.1 Å². The maximum Gasteiger partial charge on any atom is 0.510 e. The summed E-state index contributed by atoms with van der Waals surface area (Å²) >= 11 is 0. The number of rotatable bonds is 4. The van der Waals surface area contributed by atoms with Crippen LogP contribution in [0.4, 0.5) is 4.79 Å². The lowest BCUT2D eigenvalue weighted by Gasteiger charge is -2.10. The van der Waals surface area contributed by atoms with E-state index in [0.717, 1.165) is 5.56 Å². The van der Waals surface area contributed by atoms with Gasteiger partial charge in [-0.25, -0.2) is 4.79 Å². The minimum absolute atomic E-state index is 0.256. The summed E-state index contributed by atoms with van der Waals surface area (Å²) in [6, 6.07) is 9.42. The maximum atomic E-state index is 11.2. The number of tetrazole rings is 1. The fraction of sp³-hybridized carbons (Fsp3) is 0.333. The molecule has 2 rings (SSSR count). The predicted octanol–water partition coefficient (Wildman–Crippen LogP) is 2.03. The standard InChI is InChI=1S/C12H14N4O3/c1-3-18-12(17)19-9(2)16-14-11(13-15-16)10-7-5-4-6-8-10/h4-9H,3H2,1-2H3/t9-/m0/s1. The van der Waals surface area contributed by atoms with Crippen LogP contribution in [0.3, 0.4) is 0 Å². The van der Waals surface area contributed by atoms with E-state index >= 15 is 0 Å². The summed E-state index contributed by atoms with van der Waals surface area (Å²) in [5, 5.41) is 11.9. The van der Waals surface area contributed by atoms with E-state index in [0.29, 0.717) is 5.82 Å². The highest BCUT2D eigenvalue weighted by Crippen LogP contribution is 2.14. The first-order valence-corrected chi connectivity index (χ1v) is 5.89. The molecule has 0 radical (unpaired) electrons. The monoisotopic (exact) mass is 262 g/mol. The lowest BCUT2D eigenvalue weighted by Crippen LogP contribution is -2.17. The number of ether oxygens (including phenoxy) is 2. The molecular weight excluding hydrogens is 248 g/mol. The Morgan fingerprint density at radius 1 is 1.37 bits per heavy atom. The molecule has 0 aliphatic rings. The molecule has 7 nitrogen and oxygen atoms in total. The van der Waals surface area contributed by atoms with Crippen LogP contribution in [-0.4, -0.2) is 33.0 Å². The molecular formula is C12H14N4O3. The lowest BCUT2D eigenvalue weighted by atomic mass is 10.2. The number of hydrogen-bond acceptors (Lipinski definition) is 6. The maximum absolute atomic E-state index is 11.2. The van der Waals surface area contributed by atoms with Gasteiger partial charge in [0.2, 0.25) is 12.1 Å². The molecule has 0 aliphatic heterocycles. The predicted molar refractivity (Wildman–Crippen MR) is 66.1 cm³/mol. The van der Waals surface area contributed by atoms with E-state index < -0.39 is 12.4 Å². The van der Waals surface area contributed by atoms with Crippen molar-refractivity contribution < 1.29 is 14.3 Å². The highest BCUT2D eigenvalue weighted by Gasteiger charge is 2.15. The van der Waals surface area contributed by atoms with E-state index in [1.165, 1.54) is 4.80 Å². The molecule has 7 heteroatoms. The largest absolute Gasteiger partial charge is 0.510 e. The van der Waals surface area contributed by atoms with Crippen LogP contribution < -0.4 is 0 Å². The van der Waals surface area contributed by atoms with Gasteiger partial charge in [-0.1, -0.05) is 30.3 Å². The third-order valence-corrected chi connectivity index (χ3v) is 2.31.